The maximum atomic E-state index is 10.8. The van der Waals surface area contributed by atoms with E-state index in [0.717, 1.165) is 66.8 Å². The van der Waals surface area contributed by atoms with Gasteiger partial charge < -0.3 is 4.57 Å². The van der Waals surface area contributed by atoms with Gasteiger partial charge in [0.25, 0.3) is 0 Å². The van der Waals surface area contributed by atoms with Gasteiger partial charge in [0.05, 0.1) is 62.8 Å². The van der Waals surface area contributed by atoms with Crippen LogP contribution in [-0.2, 0) is 0 Å². The van der Waals surface area contributed by atoms with E-state index in [2.05, 4.69) is 28.8 Å². The van der Waals surface area contributed by atoms with Crippen LogP contribution in [0.3, 0.4) is 0 Å². The summed E-state index contributed by atoms with van der Waals surface area (Å²) < 4.78 is 2.15. The first-order valence-electron chi connectivity index (χ1n) is 19.2. The van der Waals surface area contributed by atoms with E-state index in [4.69, 9.17) is 19.9 Å². The summed E-state index contributed by atoms with van der Waals surface area (Å²) in [5, 5.41) is 22.9. The lowest BCUT2D eigenvalue weighted by Crippen LogP contribution is -2.06. The van der Waals surface area contributed by atoms with Crippen LogP contribution in [-0.4, -0.2) is 24.5 Å². The Balaban J connectivity index is 1.37. The second kappa shape index (κ2) is 14.9. The number of aromatic nitrogens is 5. The van der Waals surface area contributed by atoms with Gasteiger partial charge in [-0.05, 0) is 42.5 Å². The predicted octanol–water partition coefficient (Wildman–Crippen LogP) is 12.1. The Morgan fingerprint density at radius 1 is 0.356 bits per heavy atom. The molecular formula is C52H31N7. The fraction of sp³-hybridized carbons (Fsp3) is 0. The third kappa shape index (κ3) is 6.45. The van der Waals surface area contributed by atoms with Gasteiger partial charge in [-0.1, -0.05) is 146 Å². The normalized spacial score (nSPS) is 11.0. The van der Waals surface area contributed by atoms with Gasteiger partial charge in [0.2, 0.25) is 0 Å². The molecule has 0 N–H and O–H groups in total. The summed E-state index contributed by atoms with van der Waals surface area (Å²) in [5.41, 5.74) is 11.1. The second-order valence-electron chi connectivity index (χ2n) is 14.1. The second-order valence-corrected chi connectivity index (χ2v) is 14.1. The molecule has 7 aromatic carbocycles. The predicted molar refractivity (Wildman–Crippen MR) is 234 cm³/mol. The van der Waals surface area contributed by atoms with E-state index in [0.29, 0.717) is 39.6 Å². The van der Waals surface area contributed by atoms with Crippen molar-refractivity contribution >= 4 is 21.8 Å². The number of para-hydroxylation sites is 1. The first kappa shape index (κ1) is 34.9. The molecule has 0 fully saturated rings. The number of hydrogen-bond donors (Lipinski definition) is 0. The fourth-order valence-corrected chi connectivity index (χ4v) is 7.72. The quantitative estimate of drug-likeness (QED) is 0.160. The van der Waals surface area contributed by atoms with Gasteiger partial charge in [-0.2, -0.15) is 10.5 Å². The Labute approximate surface area is 340 Å². The molecule has 0 radical (unpaired) electrons. The largest absolute Gasteiger partial charge is 0.308 e. The Kier molecular flexibility index (Phi) is 8.80. The number of nitriles is 2. The van der Waals surface area contributed by atoms with Crippen molar-refractivity contribution in [2.24, 2.45) is 0 Å². The minimum Gasteiger partial charge on any atom is -0.308 e. The third-order valence-electron chi connectivity index (χ3n) is 10.5. The van der Waals surface area contributed by atoms with Crippen molar-refractivity contribution in [1.82, 2.24) is 24.5 Å². The molecule has 274 valence electrons. The number of nitrogens with zero attached hydrogens (tertiary/aromatic N) is 7. The molecular weight excluding hydrogens is 723 g/mol. The molecule has 0 saturated heterocycles. The van der Waals surface area contributed by atoms with Crippen molar-refractivity contribution in [1.29, 1.82) is 10.5 Å². The van der Waals surface area contributed by atoms with Crippen molar-refractivity contribution in [2.45, 2.75) is 0 Å². The summed E-state index contributed by atoms with van der Waals surface area (Å²) in [6.07, 6.45) is 0. The molecule has 3 aromatic heterocycles. The Hall–Kier alpha value is -8.52. The topological polar surface area (TPSA) is 104 Å². The van der Waals surface area contributed by atoms with Gasteiger partial charge in [0.1, 0.15) is 0 Å². The van der Waals surface area contributed by atoms with Crippen LogP contribution in [0.2, 0.25) is 0 Å². The molecule has 0 saturated carbocycles. The van der Waals surface area contributed by atoms with Crippen LogP contribution in [0.25, 0.3) is 95.3 Å². The molecule has 0 spiro atoms. The lowest BCUT2D eigenvalue weighted by Gasteiger charge is -2.20. The highest BCUT2D eigenvalue weighted by molar-refractivity contribution is 6.11. The number of hydrogen-bond acceptors (Lipinski definition) is 6. The Morgan fingerprint density at radius 2 is 0.746 bits per heavy atom. The van der Waals surface area contributed by atoms with Crippen LogP contribution < -0.4 is 0 Å². The zero-order chi connectivity index (χ0) is 39.7. The van der Waals surface area contributed by atoms with Gasteiger partial charge in [-0.25, -0.2) is 19.9 Å². The molecule has 0 amide bonds. The maximum absolute atomic E-state index is 10.8. The van der Waals surface area contributed by atoms with Crippen LogP contribution in [0.4, 0.5) is 0 Å². The fourth-order valence-electron chi connectivity index (χ4n) is 7.72. The SMILES string of the molecule is N#Cc1cc(-c2nc(-c3ccccc3)cc(-c3ccccc3)n2)c(-n2c3ccccc3c3ccc(C#N)cc32)c(-c2nc(-c3ccccc3)cc(-c3ccccc3)n2)c1. The van der Waals surface area contributed by atoms with Gasteiger partial charge in [0.15, 0.2) is 11.6 Å². The van der Waals surface area contributed by atoms with Crippen LogP contribution in [0.5, 0.6) is 0 Å². The molecule has 59 heavy (non-hydrogen) atoms. The minimum atomic E-state index is 0.391. The highest BCUT2D eigenvalue weighted by Crippen LogP contribution is 2.42. The molecule has 0 aliphatic rings. The summed E-state index contributed by atoms with van der Waals surface area (Å²) in [4.78, 5) is 21.1. The number of rotatable bonds is 7. The lowest BCUT2D eigenvalue weighted by atomic mass is 9.99. The standard InChI is InChI=1S/C52H31N7/c53-32-34-25-26-41-40-23-13-14-24-48(40)59(49(41)29-34)50-42(51-55-44(36-15-5-1-6-16-36)30-45(56-51)37-17-7-2-8-18-37)27-35(33-54)28-43(50)52-57-46(38-19-9-3-10-20-38)31-47(58-52)39-21-11-4-12-22-39/h1-31H. The third-order valence-corrected chi connectivity index (χ3v) is 10.5. The van der Waals surface area contributed by atoms with E-state index >= 15 is 0 Å². The zero-order valence-electron chi connectivity index (χ0n) is 31.5. The highest BCUT2D eigenvalue weighted by atomic mass is 15.0. The lowest BCUT2D eigenvalue weighted by molar-refractivity contribution is 1.12. The van der Waals surface area contributed by atoms with Gasteiger partial charge >= 0.3 is 0 Å². The summed E-state index contributed by atoms with van der Waals surface area (Å²) in [7, 11) is 0. The summed E-state index contributed by atoms with van der Waals surface area (Å²) in [6.45, 7) is 0. The molecule has 7 heteroatoms. The average Bonchev–Trinajstić information content (AvgIpc) is 3.65. The minimum absolute atomic E-state index is 0.391. The summed E-state index contributed by atoms with van der Waals surface area (Å²) in [5.74, 6) is 0.840. The zero-order valence-corrected chi connectivity index (χ0v) is 31.5. The smallest absolute Gasteiger partial charge is 0.162 e. The van der Waals surface area contributed by atoms with E-state index in [-0.39, 0.29) is 0 Å². The van der Waals surface area contributed by atoms with E-state index in [1.165, 1.54) is 0 Å². The van der Waals surface area contributed by atoms with E-state index in [1.807, 2.05) is 176 Å². The Bertz CT molecular complexity index is 3010. The van der Waals surface area contributed by atoms with Crippen LogP contribution in [0, 0.1) is 22.7 Å². The van der Waals surface area contributed by atoms with Crippen molar-refractivity contribution < 1.29 is 0 Å². The van der Waals surface area contributed by atoms with E-state index < -0.39 is 0 Å². The number of fused-ring (bicyclic) bond motifs is 3. The van der Waals surface area contributed by atoms with Crippen molar-refractivity contribution in [2.75, 3.05) is 0 Å². The summed E-state index contributed by atoms with van der Waals surface area (Å²) >= 11 is 0. The first-order chi connectivity index (χ1) is 29.1. The van der Waals surface area contributed by atoms with Crippen LogP contribution in [0.1, 0.15) is 11.1 Å². The molecule has 0 bridgehead atoms. The number of benzene rings is 7. The van der Waals surface area contributed by atoms with E-state index in [9.17, 15) is 10.5 Å². The molecule has 0 unspecified atom stereocenters. The summed E-state index contributed by atoms with van der Waals surface area (Å²) in [6, 6.07) is 66.5. The molecule has 0 atom stereocenters. The van der Waals surface area contributed by atoms with Gasteiger partial charge in [0, 0.05) is 44.2 Å². The maximum Gasteiger partial charge on any atom is 0.162 e. The van der Waals surface area contributed by atoms with Crippen molar-refractivity contribution in [3.05, 3.63) is 199 Å². The van der Waals surface area contributed by atoms with Gasteiger partial charge in [-0.15, -0.1) is 0 Å². The molecule has 7 nitrogen and oxygen atoms in total. The molecule has 10 aromatic rings. The van der Waals surface area contributed by atoms with E-state index in [1.54, 1.807) is 0 Å². The molecule has 0 aliphatic carbocycles. The Morgan fingerprint density at radius 3 is 1.17 bits per heavy atom. The molecule has 0 aliphatic heterocycles. The average molecular weight is 754 g/mol. The highest BCUT2D eigenvalue weighted by Gasteiger charge is 2.25. The van der Waals surface area contributed by atoms with Crippen LogP contribution in [0.15, 0.2) is 188 Å². The molecule has 10 rings (SSSR count). The first-order valence-corrected chi connectivity index (χ1v) is 19.2. The van der Waals surface area contributed by atoms with Crippen molar-refractivity contribution in [3.63, 3.8) is 0 Å². The van der Waals surface area contributed by atoms with Gasteiger partial charge in [-0.3, -0.25) is 0 Å². The molecule has 3 heterocycles. The van der Waals surface area contributed by atoms with Crippen molar-refractivity contribution in [3.8, 4) is 85.6 Å². The van der Waals surface area contributed by atoms with Crippen LogP contribution >= 0.6 is 0 Å². The monoisotopic (exact) mass is 753 g/mol.